The highest BCUT2D eigenvalue weighted by atomic mass is 35.5. The quantitative estimate of drug-likeness (QED) is 0.530. The minimum Gasteiger partial charge on any atom is -0.403 e. The summed E-state index contributed by atoms with van der Waals surface area (Å²) in [5.41, 5.74) is 7.13. The lowest BCUT2D eigenvalue weighted by Crippen LogP contribution is -2.39. The number of aromatic nitrogens is 2. The molecule has 5 rings (SSSR count). The third kappa shape index (κ3) is 5.02. The minimum absolute atomic E-state index is 0.00232. The Hall–Kier alpha value is -2.83. The maximum absolute atomic E-state index is 15.2. The number of piperidine rings is 1. The van der Waals surface area contributed by atoms with E-state index in [9.17, 15) is 17.2 Å². The monoisotopic (exact) mass is 541 g/mol. The summed E-state index contributed by atoms with van der Waals surface area (Å²) in [7, 11) is -3.88. The SMILES string of the molecule is N[C@@H]1CN(Cc2ccc(Cl)cc2)c2cc(-c3nnc(N4CCC(F)(F)CC4)o3)c(F)cc2S(=O)(=O)C1. The molecule has 8 nitrogen and oxygen atoms in total. The smallest absolute Gasteiger partial charge is 0.318 e. The summed E-state index contributed by atoms with van der Waals surface area (Å²) in [6.07, 6.45) is -0.703. The molecule has 0 bridgehead atoms. The molecule has 0 radical (unpaired) electrons. The highest BCUT2D eigenvalue weighted by Crippen LogP contribution is 2.37. The Bertz CT molecular complexity index is 1370. The number of anilines is 2. The van der Waals surface area contributed by atoms with E-state index in [1.165, 1.54) is 11.0 Å². The van der Waals surface area contributed by atoms with Gasteiger partial charge in [0, 0.05) is 50.1 Å². The van der Waals surface area contributed by atoms with Crippen LogP contribution in [0.5, 0.6) is 0 Å². The fourth-order valence-electron chi connectivity index (χ4n) is 4.45. The number of hydrogen-bond donors (Lipinski definition) is 1. The number of halogens is 4. The van der Waals surface area contributed by atoms with Crippen LogP contribution in [0.4, 0.5) is 24.9 Å². The van der Waals surface area contributed by atoms with Crippen molar-refractivity contribution in [2.45, 2.75) is 36.2 Å². The highest BCUT2D eigenvalue weighted by molar-refractivity contribution is 7.91. The zero-order valence-electron chi connectivity index (χ0n) is 19.0. The highest BCUT2D eigenvalue weighted by Gasteiger charge is 2.36. The fourth-order valence-corrected chi connectivity index (χ4v) is 6.21. The van der Waals surface area contributed by atoms with E-state index in [1.54, 1.807) is 17.0 Å². The van der Waals surface area contributed by atoms with Crippen LogP contribution in [0.3, 0.4) is 0 Å². The van der Waals surface area contributed by atoms with E-state index in [4.69, 9.17) is 21.8 Å². The molecule has 0 amide bonds. The van der Waals surface area contributed by atoms with Crippen LogP contribution in [0, 0.1) is 5.82 Å². The Balaban J connectivity index is 1.52. The van der Waals surface area contributed by atoms with Gasteiger partial charge in [0.1, 0.15) is 5.82 Å². The van der Waals surface area contributed by atoms with Gasteiger partial charge >= 0.3 is 6.01 Å². The number of alkyl halides is 2. The second kappa shape index (κ2) is 9.24. The van der Waals surface area contributed by atoms with Gasteiger partial charge in [0.15, 0.2) is 9.84 Å². The molecule has 1 saturated heterocycles. The number of nitrogens with zero attached hydrogens (tertiary/aromatic N) is 4. The van der Waals surface area contributed by atoms with Crippen molar-refractivity contribution in [1.82, 2.24) is 10.2 Å². The Kier molecular flexibility index (Phi) is 6.38. The van der Waals surface area contributed by atoms with Crippen molar-refractivity contribution in [2.75, 3.05) is 35.2 Å². The van der Waals surface area contributed by atoms with Crippen molar-refractivity contribution in [2.24, 2.45) is 5.73 Å². The average molecular weight is 542 g/mol. The molecule has 36 heavy (non-hydrogen) atoms. The molecular weight excluding hydrogens is 519 g/mol. The molecule has 1 atom stereocenters. The van der Waals surface area contributed by atoms with Crippen molar-refractivity contribution in [3.05, 3.63) is 52.8 Å². The van der Waals surface area contributed by atoms with Gasteiger partial charge in [0.25, 0.3) is 11.8 Å². The predicted molar refractivity (Wildman–Crippen MR) is 129 cm³/mol. The van der Waals surface area contributed by atoms with E-state index >= 15 is 4.39 Å². The number of rotatable bonds is 4. The van der Waals surface area contributed by atoms with Crippen LogP contribution >= 0.6 is 11.6 Å². The molecule has 0 spiro atoms. The lowest BCUT2D eigenvalue weighted by Gasteiger charge is -2.30. The van der Waals surface area contributed by atoms with E-state index in [1.807, 2.05) is 12.1 Å². The molecule has 0 saturated carbocycles. The van der Waals surface area contributed by atoms with Crippen LogP contribution in [0.2, 0.25) is 5.02 Å². The summed E-state index contributed by atoms with van der Waals surface area (Å²) >= 11 is 5.98. The van der Waals surface area contributed by atoms with E-state index in [-0.39, 0.29) is 66.3 Å². The van der Waals surface area contributed by atoms with Crippen LogP contribution in [0.1, 0.15) is 18.4 Å². The van der Waals surface area contributed by atoms with Gasteiger partial charge in [-0.2, -0.15) is 0 Å². The van der Waals surface area contributed by atoms with E-state index in [0.717, 1.165) is 11.6 Å². The maximum atomic E-state index is 15.2. The molecule has 3 heterocycles. The Morgan fingerprint density at radius 3 is 2.53 bits per heavy atom. The van der Waals surface area contributed by atoms with Crippen molar-refractivity contribution in [3.8, 4) is 11.5 Å². The zero-order chi connectivity index (χ0) is 25.7. The Morgan fingerprint density at radius 2 is 1.83 bits per heavy atom. The van der Waals surface area contributed by atoms with E-state index < -0.39 is 27.6 Å². The van der Waals surface area contributed by atoms with Gasteiger partial charge in [-0.05, 0) is 29.8 Å². The topological polar surface area (TPSA) is 106 Å². The van der Waals surface area contributed by atoms with Crippen LogP contribution in [-0.4, -0.2) is 56.0 Å². The molecule has 2 aromatic carbocycles. The number of hydrogen-bond acceptors (Lipinski definition) is 8. The third-order valence-electron chi connectivity index (χ3n) is 6.31. The number of fused-ring (bicyclic) bond motifs is 1. The average Bonchev–Trinajstić information content (AvgIpc) is 3.26. The van der Waals surface area contributed by atoms with Gasteiger partial charge in [-0.15, -0.1) is 5.10 Å². The van der Waals surface area contributed by atoms with Gasteiger partial charge < -0.3 is 20.0 Å². The molecule has 0 aliphatic carbocycles. The fraction of sp³-hybridized carbons (Fsp3) is 0.391. The summed E-state index contributed by atoms with van der Waals surface area (Å²) in [5.74, 6) is -4.12. The second-order valence-electron chi connectivity index (χ2n) is 9.08. The molecule has 192 valence electrons. The van der Waals surface area contributed by atoms with Gasteiger partial charge in [-0.1, -0.05) is 28.8 Å². The molecular formula is C23H23ClF3N5O3S. The van der Waals surface area contributed by atoms with Crippen LogP contribution in [0.25, 0.3) is 11.5 Å². The van der Waals surface area contributed by atoms with Gasteiger partial charge in [0.05, 0.1) is 21.9 Å². The van der Waals surface area contributed by atoms with Crippen molar-refractivity contribution < 1.29 is 26.0 Å². The van der Waals surface area contributed by atoms with Gasteiger partial charge in [-0.25, -0.2) is 21.6 Å². The zero-order valence-corrected chi connectivity index (χ0v) is 20.6. The summed E-state index contributed by atoms with van der Waals surface area (Å²) < 4.78 is 73.9. The predicted octanol–water partition coefficient (Wildman–Crippen LogP) is 3.89. The molecule has 1 aromatic heterocycles. The summed E-state index contributed by atoms with van der Waals surface area (Å²) in [6, 6.07) is 8.66. The van der Waals surface area contributed by atoms with E-state index in [2.05, 4.69) is 10.2 Å². The first-order chi connectivity index (χ1) is 17.0. The normalized spacial score (nSPS) is 21.2. The van der Waals surface area contributed by atoms with Crippen molar-refractivity contribution in [1.29, 1.82) is 0 Å². The van der Waals surface area contributed by atoms with Crippen molar-refractivity contribution >= 4 is 33.1 Å². The summed E-state index contributed by atoms with van der Waals surface area (Å²) in [5, 5.41) is 8.37. The molecule has 2 aliphatic rings. The second-order valence-corrected chi connectivity index (χ2v) is 11.5. The molecule has 1 fully saturated rings. The first-order valence-corrected chi connectivity index (χ1v) is 13.3. The van der Waals surface area contributed by atoms with Crippen LogP contribution < -0.4 is 15.5 Å². The first kappa shape index (κ1) is 24.8. The molecule has 2 aliphatic heterocycles. The van der Waals surface area contributed by atoms with Crippen molar-refractivity contribution in [3.63, 3.8) is 0 Å². The lowest BCUT2D eigenvalue weighted by molar-refractivity contribution is -0.0226. The lowest BCUT2D eigenvalue weighted by atomic mass is 10.1. The first-order valence-electron chi connectivity index (χ1n) is 11.3. The molecule has 3 aromatic rings. The Morgan fingerprint density at radius 1 is 1.14 bits per heavy atom. The molecule has 13 heteroatoms. The van der Waals surface area contributed by atoms with Gasteiger partial charge in [-0.3, -0.25) is 0 Å². The van der Waals surface area contributed by atoms with Gasteiger partial charge in [0.2, 0.25) is 0 Å². The van der Waals surface area contributed by atoms with E-state index in [0.29, 0.717) is 11.6 Å². The third-order valence-corrected chi connectivity index (χ3v) is 8.43. The summed E-state index contributed by atoms with van der Waals surface area (Å²) in [6.45, 7) is 0.547. The van der Waals surface area contributed by atoms with Crippen LogP contribution in [-0.2, 0) is 16.4 Å². The maximum Gasteiger partial charge on any atom is 0.318 e. The number of nitrogens with two attached hydrogens (primary N) is 1. The largest absolute Gasteiger partial charge is 0.403 e. The molecule has 0 unspecified atom stereocenters. The number of benzene rings is 2. The number of sulfone groups is 1. The minimum atomic E-state index is -3.88. The van der Waals surface area contributed by atoms with Crippen LogP contribution in [0.15, 0.2) is 45.7 Å². The Labute approximate surface area is 210 Å². The summed E-state index contributed by atoms with van der Waals surface area (Å²) in [4.78, 5) is 3.11. The standard InChI is InChI=1S/C23H23ClF3N5O3S/c24-15-3-1-14(2-4-15)11-32-12-16(28)13-36(33,34)20-10-18(25)17(9-19(20)32)21-29-30-22(35-21)31-7-5-23(26,27)6-8-31/h1-4,9-10,16H,5-8,11-13,28H2/t16-/m1/s1. The molecule has 2 N–H and O–H groups in total.